The third-order valence-electron chi connectivity index (χ3n) is 2.45. The van der Waals surface area contributed by atoms with Gasteiger partial charge in [-0.1, -0.05) is 37.6 Å². The van der Waals surface area contributed by atoms with Gasteiger partial charge in [0.1, 0.15) is 5.01 Å². The lowest BCUT2D eigenvalue weighted by atomic mass is 10.1. The molecule has 0 aliphatic heterocycles. The first-order valence-corrected chi connectivity index (χ1v) is 6.99. The average Bonchev–Trinajstić information content (AvgIpc) is 2.79. The number of aromatic nitrogens is 1. The highest BCUT2D eigenvalue weighted by Gasteiger charge is 2.03. The molecule has 0 saturated heterocycles. The van der Waals surface area contributed by atoms with Crippen LogP contribution in [0.5, 0.6) is 0 Å². The standard InChI is InChI=1S/C13H15NS2/c1-2-3-10-4-6-11(7-5-10)13-14-12(8-15)9-16-13/h4-7,9,15H,2-3,8H2,1H3. The Morgan fingerprint density at radius 1 is 1.25 bits per heavy atom. The second-order valence-electron chi connectivity index (χ2n) is 3.75. The maximum Gasteiger partial charge on any atom is 0.123 e. The van der Waals surface area contributed by atoms with E-state index in [9.17, 15) is 0 Å². The average molecular weight is 249 g/mol. The molecule has 0 unspecified atom stereocenters. The molecule has 0 atom stereocenters. The van der Waals surface area contributed by atoms with E-state index < -0.39 is 0 Å². The van der Waals surface area contributed by atoms with Crippen molar-refractivity contribution in [3.05, 3.63) is 40.9 Å². The lowest BCUT2D eigenvalue weighted by Crippen LogP contribution is -1.83. The number of thiol groups is 1. The van der Waals surface area contributed by atoms with Gasteiger partial charge in [-0.25, -0.2) is 4.98 Å². The highest BCUT2D eigenvalue weighted by atomic mass is 32.1. The van der Waals surface area contributed by atoms with Crippen LogP contribution in [0.1, 0.15) is 24.6 Å². The molecule has 0 aliphatic rings. The minimum Gasteiger partial charge on any atom is -0.240 e. The highest BCUT2D eigenvalue weighted by Crippen LogP contribution is 2.24. The summed E-state index contributed by atoms with van der Waals surface area (Å²) in [5.74, 6) is 0.713. The smallest absolute Gasteiger partial charge is 0.123 e. The fourth-order valence-corrected chi connectivity index (χ4v) is 2.73. The normalized spacial score (nSPS) is 10.6. The van der Waals surface area contributed by atoms with E-state index in [2.05, 4.69) is 54.2 Å². The van der Waals surface area contributed by atoms with Gasteiger partial charge in [0.2, 0.25) is 0 Å². The summed E-state index contributed by atoms with van der Waals surface area (Å²) in [6.07, 6.45) is 2.35. The van der Waals surface area contributed by atoms with Gasteiger partial charge in [-0.15, -0.1) is 11.3 Å². The van der Waals surface area contributed by atoms with Crippen molar-refractivity contribution < 1.29 is 0 Å². The van der Waals surface area contributed by atoms with Gasteiger partial charge in [0.25, 0.3) is 0 Å². The Labute approximate surface area is 106 Å². The fourth-order valence-electron chi connectivity index (χ4n) is 1.61. The molecule has 3 heteroatoms. The predicted octanol–water partition coefficient (Wildman–Crippen LogP) is 4.19. The van der Waals surface area contributed by atoms with Gasteiger partial charge in [-0.05, 0) is 12.0 Å². The fraction of sp³-hybridized carbons (Fsp3) is 0.308. The Kier molecular flexibility index (Phi) is 4.02. The topological polar surface area (TPSA) is 12.9 Å². The molecule has 2 rings (SSSR count). The maximum atomic E-state index is 4.52. The molecule has 0 amide bonds. The minimum atomic E-state index is 0.713. The Hall–Kier alpha value is -0.800. The van der Waals surface area contributed by atoms with Crippen molar-refractivity contribution in [1.29, 1.82) is 0 Å². The van der Waals surface area contributed by atoms with Gasteiger partial charge >= 0.3 is 0 Å². The molecule has 2 aromatic rings. The maximum absolute atomic E-state index is 4.52. The number of benzene rings is 1. The van der Waals surface area contributed by atoms with Gasteiger partial charge in [0, 0.05) is 16.7 Å². The molecule has 1 aromatic carbocycles. The summed E-state index contributed by atoms with van der Waals surface area (Å²) in [5, 5.41) is 3.16. The Balaban J connectivity index is 2.20. The van der Waals surface area contributed by atoms with Crippen LogP contribution in [0, 0.1) is 0 Å². The first-order valence-electron chi connectivity index (χ1n) is 5.48. The summed E-state index contributed by atoms with van der Waals surface area (Å²) in [4.78, 5) is 4.52. The van der Waals surface area contributed by atoms with Crippen LogP contribution >= 0.6 is 24.0 Å². The van der Waals surface area contributed by atoms with Crippen molar-refractivity contribution >= 4 is 24.0 Å². The number of thiazole rings is 1. The lowest BCUT2D eigenvalue weighted by molar-refractivity contribution is 0.922. The molecule has 0 saturated carbocycles. The van der Waals surface area contributed by atoms with E-state index >= 15 is 0 Å². The molecule has 0 aliphatic carbocycles. The largest absolute Gasteiger partial charge is 0.240 e. The van der Waals surface area contributed by atoms with Crippen LogP contribution in [0.4, 0.5) is 0 Å². The molecule has 1 aromatic heterocycles. The molecule has 0 radical (unpaired) electrons. The van der Waals surface area contributed by atoms with E-state index in [0.717, 1.165) is 17.1 Å². The minimum absolute atomic E-state index is 0.713. The number of hydrogen-bond acceptors (Lipinski definition) is 3. The lowest BCUT2D eigenvalue weighted by Gasteiger charge is -2.00. The SMILES string of the molecule is CCCc1ccc(-c2nc(CS)cs2)cc1. The summed E-state index contributed by atoms with van der Waals surface area (Å²) >= 11 is 5.91. The van der Waals surface area contributed by atoms with Crippen molar-refractivity contribution in [1.82, 2.24) is 4.98 Å². The number of nitrogens with zero attached hydrogens (tertiary/aromatic N) is 1. The zero-order valence-corrected chi connectivity index (χ0v) is 11.0. The molecule has 16 heavy (non-hydrogen) atoms. The second-order valence-corrected chi connectivity index (χ2v) is 4.92. The highest BCUT2D eigenvalue weighted by molar-refractivity contribution is 7.79. The van der Waals surface area contributed by atoms with Crippen LogP contribution in [-0.2, 0) is 12.2 Å². The van der Waals surface area contributed by atoms with E-state index in [1.54, 1.807) is 11.3 Å². The monoisotopic (exact) mass is 249 g/mol. The van der Waals surface area contributed by atoms with E-state index in [-0.39, 0.29) is 0 Å². The quantitative estimate of drug-likeness (QED) is 0.802. The van der Waals surface area contributed by atoms with Gasteiger partial charge < -0.3 is 0 Å². The Morgan fingerprint density at radius 2 is 2.00 bits per heavy atom. The van der Waals surface area contributed by atoms with Crippen LogP contribution in [0.3, 0.4) is 0 Å². The van der Waals surface area contributed by atoms with Crippen LogP contribution < -0.4 is 0 Å². The number of aryl methyl sites for hydroxylation is 1. The predicted molar refractivity (Wildman–Crippen MR) is 74.2 cm³/mol. The molecule has 84 valence electrons. The van der Waals surface area contributed by atoms with Gasteiger partial charge in [-0.2, -0.15) is 12.6 Å². The van der Waals surface area contributed by atoms with Crippen LogP contribution in [-0.4, -0.2) is 4.98 Å². The van der Waals surface area contributed by atoms with Crippen molar-refractivity contribution in [2.24, 2.45) is 0 Å². The molecule has 0 spiro atoms. The zero-order valence-electron chi connectivity index (χ0n) is 9.31. The van der Waals surface area contributed by atoms with E-state index in [1.165, 1.54) is 17.5 Å². The molecule has 1 nitrogen and oxygen atoms in total. The van der Waals surface area contributed by atoms with Gasteiger partial charge in [0.05, 0.1) is 5.69 Å². The summed E-state index contributed by atoms with van der Waals surface area (Å²) in [5.41, 5.74) is 3.66. The first kappa shape index (κ1) is 11.7. The van der Waals surface area contributed by atoms with Gasteiger partial charge in [-0.3, -0.25) is 0 Å². The van der Waals surface area contributed by atoms with Crippen molar-refractivity contribution in [3.63, 3.8) is 0 Å². The van der Waals surface area contributed by atoms with Crippen LogP contribution in [0.15, 0.2) is 29.6 Å². The summed E-state index contributed by atoms with van der Waals surface area (Å²) < 4.78 is 0. The summed E-state index contributed by atoms with van der Waals surface area (Å²) in [6, 6.07) is 8.71. The molecule has 1 heterocycles. The summed E-state index contributed by atoms with van der Waals surface area (Å²) in [6.45, 7) is 2.20. The number of hydrogen-bond donors (Lipinski definition) is 1. The third kappa shape index (κ3) is 2.66. The number of rotatable bonds is 4. The van der Waals surface area contributed by atoms with E-state index in [0.29, 0.717) is 5.75 Å². The van der Waals surface area contributed by atoms with E-state index in [1.807, 2.05) is 0 Å². The van der Waals surface area contributed by atoms with E-state index in [4.69, 9.17) is 0 Å². The second kappa shape index (κ2) is 5.51. The van der Waals surface area contributed by atoms with Crippen molar-refractivity contribution in [3.8, 4) is 10.6 Å². The Bertz CT molecular complexity index is 445. The molecule has 0 N–H and O–H groups in total. The van der Waals surface area contributed by atoms with Crippen molar-refractivity contribution in [2.45, 2.75) is 25.5 Å². The molecular weight excluding hydrogens is 234 g/mol. The van der Waals surface area contributed by atoms with Crippen molar-refractivity contribution in [2.75, 3.05) is 0 Å². The van der Waals surface area contributed by atoms with Crippen LogP contribution in [0.2, 0.25) is 0 Å². The van der Waals surface area contributed by atoms with Gasteiger partial charge in [0.15, 0.2) is 0 Å². The first-order chi connectivity index (χ1) is 7.83. The Morgan fingerprint density at radius 3 is 2.56 bits per heavy atom. The zero-order chi connectivity index (χ0) is 11.4. The van der Waals surface area contributed by atoms with Crippen LogP contribution in [0.25, 0.3) is 10.6 Å². The molecular formula is C13H15NS2. The molecule has 0 fully saturated rings. The third-order valence-corrected chi connectivity index (χ3v) is 3.72. The molecule has 0 bridgehead atoms. The summed E-state index contributed by atoms with van der Waals surface area (Å²) in [7, 11) is 0.